The van der Waals surface area contributed by atoms with Gasteiger partial charge in [0.2, 0.25) is 0 Å². The van der Waals surface area contributed by atoms with E-state index in [1.807, 2.05) is 5.32 Å². The zero-order valence-electron chi connectivity index (χ0n) is 8.17. The van der Waals surface area contributed by atoms with Gasteiger partial charge in [-0.25, -0.2) is 0 Å². The molecule has 1 unspecified atom stereocenters. The van der Waals surface area contributed by atoms with Crippen LogP contribution in [0.5, 0.6) is 0 Å². The number of alkyl halides is 3. The Bertz CT molecular complexity index is 346. The molecular formula is C9H10F3NO3. The van der Waals surface area contributed by atoms with Crippen LogP contribution in [0.15, 0.2) is 0 Å². The molecule has 0 aliphatic heterocycles. The second kappa shape index (κ2) is 3.11. The summed E-state index contributed by atoms with van der Waals surface area (Å²) in [4.78, 5) is 21.5. The predicted molar refractivity (Wildman–Crippen MR) is 45.4 cm³/mol. The molecule has 3 aliphatic carbocycles. The molecule has 0 aromatic carbocycles. The number of hydrogen-bond donors (Lipinski definition) is 2. The minimum atomic E-state index is -4.90. The first-order valence-electron chi connectivity index (χ1n) is 4.86. The quantitative estimate of drug-likeness (QED) is 0.750. The fraction of sp³-hybridized carbons (Fsp3) is 0.778. The summed E-state index contributed by atoms with van der Waals surface area (Å²) in [5, 5.41) is 10.7. The molecule has 7 heteroatoms. The van der Waals surface area contributed by atoms with Crippen LogP contribution >= 0.6 is 0 Å². The number of amides is 1. The third-order valence-electron chi connectivity index (χ3n) is 3.44. The number of hydrogen-bond acceptors (Lipinski definition) is 2. The number of carboxylic acids is 1. The molecule has 0 radical (unpaired) electrons. The Balaban J connectivity index is 2.00. The van der Waals surface area contributed by atoms with Crippen LogP contribution in [0, 0.1) is 11.8 Å². The van der Waals surface area contributed by atoms with E-state index in [1.165, 1.54) is 0 Å². The first-order valence-corrected chi connectivity index (χ1v) is 4.86. The van der Waals surface area contributed by atoms with E-state index < -0.39 is 29.5 Å². The smallest absolute Gasteiger partial charge is 0.471 e. The van der Waals surface area contributed by atoms with Crippen LogP contribution in [-0.4, -0.2) is 28.7 Å². The third kappa shape index (κ3) is 1.64. The summed E-state index contributed by atoms with van der Waals surface area (Å²) in [6.45, 7) is 0. The van der Waals surface area contributed by atoms with Gasteiger partial charge in [-0.3, -0.25) is 9.59 Å². The fourth-order valence-electron chi connectivity index (χ4n) is 2.74. The maximum atomic E-state index is 12.0. The number of aliphatic carboxylic acids is 1. The van der Waals surface area contributed by atoms with Crippen molar-refractivity contribution in [2.24, 2.45) is 11.8 Å². The molecule has 4 nitrogen and oxygen atoms in total. The van der Waals surface area contributed by atoms with Crippen LogP contribution < -0.4 is 5.32 Å². The van der Waals surface area contributed by atoms with Gasteiger partial charge < -0.3 is 10.4 Å². The number of rotatable bonds is 2. The van der Waals surface area contributed by atoms with Gasteiger partial charge in [-0.2, -0.15) is 13.2 Å². The Morgan fingerprint density at radius 3 is 2.19 bits per heavy atom. The molecule has 3 saturated carbocycles. The number of fused-ring (bicyclic) bond motifs is 1. The molecular weight excluding hydrogens is 227 g/mol. The van der Waals surface area contributed by atoms with Crippen molar-refractivity contribution < 1.29 is 27.9 Å². The number of carbonyl (C=O) groups is 2. The van der Waals surface area contributed by atoms with E-state index in [2.05, 4.69) is 0 Å². The number of carboxylic acid groups (broad SMARTS) is 1. The standard InChI is InChI=1S/C9H10F3NO3/c10-9(11,12)7(16)13-8-1-4(2-8)5(3-8)6(14)15/h4-5H,1-3H2,(H,13,16)(H,14,15). The highest BCUT2D eigenvalue weighted by Crippen LogP contribution is 2.55. The van der Waals surface area contributed by atoms with Crippen molar-refractivity contribution in [3.05, 3.63) is 0 Å². The predicted octanol–water partition coefficient (Wildman–Crippen LogP) is 0.918. The lowest BCUT2D eigenvalue weighted by Crippen LogP contribution is -2.55. The molecule has 90 valence electrons. The number of halogens is 3. The van der Waals surface area contributed by atoms with Gasteiger partial charge in [0.25, 0.3) is 0 Å². The molecule has 0 aromatic rings. The molecule has 0 aromatic heterocycles. The molecule has 3 rings (SSSR count). The normalized spacial score (nSPS) is 36.7. The van der Waals surface area contributed by atoms with Crippen molar-refractivity contribution in [2.75, 3.05) is 0 Å². The molecule has 0 spiro atoms. The van der Waals surface area contributed by atoms with Gasteiger partial charge in [0, 0.05) is 5.54 Å². The summed E-state index contributed by atoms with van der Waals surface area (Å²) in [6, 6.07) is 0. The Kier molecular flexibility index (Phi) is 2.18. The molecule has 3 aliphatic rings. The highest BCUT2D eigenvalue weighted by atomic mass is 19.4. The average molecular weight is 237 g/mol. The third-order valence-corrected chi connectivity index (χ3v) is 3.44. The second-order valence-electron chi connectivity index (χ2n) is 4.55. The van der Waals surface area contributed by atoms with Crippen LogP contribution in [0.25, 0.3) is 0 Å². The summed E-state index contributed by atoms with van der Waals surface area (Å²) in [5.41, 5.74) is -0.930. The minimum absolute atomic E-state index is 0.0916. The van der Waals surface area contributed by atoms with Crippen molar-refractivity contribution in [2.45, 2.75) is 31.0 Å². The Hall–Kier alpha value is -1.27. The average Bonchev–Trinajstić information content (AvgIpc) is 2.56. The van der Waals surface area contributed by atoms with Crippen molar-refractivity contribution in [1.82, 2.24) is 5.32 Å². The highest BCUT2D eigenvalue weighted by Gasteiger charge is 2.60. The summed E-state index contributed by atoms with van der Waals surface area (Å²) < 4.78 is 36.1. The highest BCUT2D eigenvalue weighted by molar-refractivity contribution is 5.83. The maximum absolute atomic E-state index is 12.0. The van der Waals surface area contributed by atoms with E-state index in [9.17, 15) is 22.8 Å². The first-order chi connectivity index (χ1) is 7.23. The lowest BCUT2D eigenvalue weighted by Gasteiger charge is -2.39. The molecule has 2 bridgehead atoms. The monoisotopic (exact) mass is 237 g/mol. The topological polar surface area (TPSA) is 66.4 Å². The minimum Gasteiger partial charge on any atom is -0.481 e. The summed E-state index contributed by atoms with van der Waals surface area (Å²) in [5.74, 6) is -3.68. The van der Waals surface area contributed by atoms with E-state index in [-0.39, 0.29) is 12.3 Å². The van der Waals surface area contributed by atoms with Gasteiger partial charge in [-0.05, 0) is 25.2 Å². The van der Waals surface area contributed by atoms with Gasteiger partial charge in [0.1, 0.15) is 0 Å². The molecule has 1 atom stereocenters. The van der Waals surface area contributed by atoms with Crippen molar-refractivity contribution >= 4 is 11.9 Å². The molecule has 16 heavy (non-hydrogen) atoms. The molecule has 1 amide bonds. The summed E-state index contributed by atoms with van der Waals surface area (Å²) in [6.07, 6.45) is -4.12. The SMILES string of the molecule is O=C(O)C1CC2(NC(=O)C(F)(F)F)CC1C2. The fourth-order valence-corrected chi connectivity index (χ4v) is 2.74. The molecule has 0 saturated heterocycles. The molecule has 3 fully saturated rings. The van der Waals surface area contributed by atoms with E-state index in [4.69, 9.17) is 5.11 Å². The van der Waals surface area contributed by atoms with Crippen LogP contribution in [0.4, 0.5) is 13.2 Å². The van der Waals surface area contributed by atoms with Gasteiger partial charge in [0.15, 0.2) is 0 Å². The van der Waals surface area contributed by atoms with Gasteiger partial charge in [-0.15, -0.1) is 0 Å². The second-order valence-corrected chi connectivity index (χ2v) is 4.55. The lowest BCUT2D eigenvalue weighted by atomic mass is 9.76. The van der Waals surface area contributed by atoms with Crippen LogP contribution in [0.2, 0.25) is 0 Å². The number of carbonyl (C=O) groups excluding carboxylic acids is 1. The van der Waals surface area contributed by atoms with Crippen LogP contribution in [0.1, 0.15) is 19.3 Å². The van der Waals surface area contributed by atoms with Gasteiger partial charge in [0.05, 0.1) is 5.92 Å². The van der Waals surface area contributed by atoms with Gasteiger partial charge in [-0.1, -0.05) is 0 Å². The first kappa shape index (κ1) is 11.2. The Morgan fingerprint density at radius 2 is 1.81 bits per heavy atom. The van der Waals surface area contributed by atoms with E-state index >= 15 is 0 Å². The zero-order chi connectivity index (χ0) is 12.1. The van der Waals surface area contributed by atoms with Crippen molar-refractivity contribution in [1.29, 1.82) is 0 Å². The van der Waals surface area contributed by atoms with Crippen LogP contribution in [0.3, 0.4) is 0 Å². The van der Waals surface area contributed by atoms with Crippen LogP contribution in [-0.2, 0) is 9.59 Å². The van der Waals surface area contributed by atoms with Crippen molar-refractivity contribution in [3.63, 3.8) is 0 Å². The zero-order valence-corrected chi connectivity index (χ0v) is 8.17. The van der Waals surface area contributed by atoms with Gasteiger partial charge >= 0.3 is 18.1 Å². The molecule has 0 heterocycles. The summed E-state index contributed by atoms with van der Waals surface area (Å²) >= 11 is 0. The molecule has 2 N–H and O–H groups in total. The summed E-state index contributed by atoms with van der Waals surface area (Å²) in [7, 11) is 0. The lowest BCUT2D eigenvalue weighted by molar-refractivity contribution is -0.176. The Morgan fingerprint density at radius 1 is 1.25 bits per heavy atom. The van der Waals surface area contributed by atoms with E-state index in [0.717, 1.165) is 0 Å². The largest absolute Gasteiger partial charge is 0.481 e. The van der Waals surface area contributed by atoms with E-state index in [1.54, 1.807) is 0 Å². The number of nitrogens with one attached hydrogen (secondary N) is 1. The Labute approximate surface area is 88.8 Å². The maximum Gasteiger partial charge on any atom is 0.471 e. The van der Waals surface area contributed by atoms with Crippen molar-refractivity contribution in [3.8, 4) is 0 Å². The van der Waals surface area contributed by atoms with E-state index in [0.29, 0.717) is 12.8 Å².